The quantitative estimate of drug-likeness (QED) is 0.157. The molecule has 3 fully saturated rings. The maximum absolute atomic E-state index is 15.4. The summed E-state index contributed by atoms with van der Waals surface area (Å²) in [6.07, 6.45) is 14.2. The van der Waals surface area contributed by atoms with E-state index >= 15 is 4.39 Å². The Hall–Kier alpha value is -2.44. The lowest BCUT2D eigenvalue weighted by Gasteiger charge is -2.37. The fourth-order valence-corrected chi connectivity index (χ4v) is 7.89. The average molecular weight is 607 g/mol. The van der Waals surface area contributed by atoms with Gasteiger partial charge in [0, 0.05) is 12.1 Å². The van der Waals surface area contributed by atoms with Crippen molar-refractivity contribution in [3.63, 3.8) is 0 Å². The van der Waals surface area contributed by atoms with Gasteiger partial charge >= 0.3 is 6.11 Å². The van der Waals surface area contributed by atoms with Gasteiger partial charge in [0.2, 0.25) is 0 Å². The van der Waals surface area contributed by atoms with Gasteiger partial charge in [-0.25, -0.2) is 17.6 Å². The highest BCUT2D eigenvalue weighted by molar-refractivity contribution is 5.30. The molecule has 0 atom stereocenters. The van der Waals surface area contributed by atoms with Gasteiger partial charge in [0.05, 0.1) is 5.92 Å². The molecule has 0 aromatic heterocycles. The smallest absolute Gasteiger partial charge is 0.400 e. The number of unbranched alkanes of at least 4 members (excludes halogenated alkanes) is 1. The summed E-state index contributed by atoms with van der Waals surface area (Å²) in [6.45, 7) is 2.22. The molecule has 2 aromatic rings. The van der Waals surface area contributed by atoms with Gasteiger partial charge in [-0.15, -0.1) is 0 Å². The molecule has 0 saturated heterocycles. The molecule has 3 saturated carbocycles. The molecule has 1 nitrogen and oxygen atoms in total. The molecule has 0 spiro atoms. The molecule has 3 aliphatic carbocycles. The number of alkyl halides is 2. The second-order valence-electron chi connectivity index (χ2n) is 13.2. The van der Waals surface area contributed by atoms with E-state index in [1.807, 2.05) is 12.1 Å². The highest BCUT2D eigenvalue weighted by Gasteiger charge is 2.44. The van der Waals surface area contributed by atoms with Gasteiger partial charge in [-0.05, 0) is 130 Å². The third-order valence-electron chi connectivity index (χ3n) is 10.5. The molecule has 7 heteroatoms. The topological polar surface area (TPSA) is 9.23 Å². The molecule has 0 bridgehead atoms. The van der Waals surface area contributed by atoms with Crippen LogP contribution in [0.15, 0.2) is 42.5 Å². The Bertz CT molecular complexity index is 1210. The number of allylic oxidation sites excluding steroid dienone is 2. The zero-order valence-corrected chi connectivity index (χ0v) is 25.1. The van der Waals surface area contributed by atoms with Gasteiger partial charge in [-0.2, -0.15) is 8.78 Å². The minimum absolute atomic E-state index is 0.0754. The first-order valence-electron chi connectivity index (χ1n) is 16.3. The predicted molar refractivity (Wildman–Crippen MR) is 157 cm³/mol. The van der Waals surface area contributed by atoms with Crippen LogP contribution in [0.3, 0.4) is 0 Å². The summed E-state index contributed by atoms with van der Waals surface area (Å²) in [4.78, 5) is 0. The van der Waals surface area contributed by atoms with Gasteiger partial charge in [0.15, 0.2) is 17.5 Å². The maximum Gasteiger partial charge on any atom is 0.400 e. The molecule has 0 N–H and O–H groups in total. The Kier molecular flexibility index (Phi) is 10.5. The van der Waals surface area contributed by atoms with Crippen LogP contribution in [-0.2, 0) is 0 Å². The van der Waals surface area contributed by atoms with Crippen molar-refractivity contribution in [1.29, 1.82) is 0 Å². The van der Waals surface area contributed by atoms with E-state index in [9.17, 15) is 22.0 Å². The molecule has 0 heterocycles. The third-order valence-corrected chi connectivity index (χ3v) is 10.5. The Morgan fingerprint density at radius 2 is 1.30 bits per heavy atom. The standard InChI is InChI=1S/C36H44F6O/c1-2-3-4-5-23-6-8-24(9-7-23)25-10-12-26(13-11-25)28-16-19-31(32(37)20-28)27-14-17-29(18-15-27)36(41,42)43-30-21-33(38)35(40)34(39)22-30/h4-5,16,19-27,29H,2-3,6-15,17-18H2,1H3. The fraction of sp³-hybridized carbons (Fsp3) is 0.611. The van der Waals surface area contributed by atoms with Gasteiger partial charge < -0.3 is 4.74 Å². The monoisotopic (exact) mass is 606 g/mol. The molecular formula is C36H44F6O. The Labute approximate surface area is 252 Å². The fourth-order valence-electron chi connectivity index (χ4n) is 7.89. The van der Waals surface area contributed by atoms with E-state index < -0.39 is 35.2 Å². The zero-order chi connectivity index (χ0) is 30.6. The minimum Gasteiger partial charge on any atom is -0.432 e. The van der Waals surface area contributed by atoms with E-state index in [4.69, 9.17) is 0 Å². The van der Waals surface area contributed by atoms with Crippen molar-refractivity contribution >= 4 is 0 Å². The van der Waals surface area contributed by atoms with Crippen LogP contribution in [0.25, 0.3) is 0 Å². The number of hydrogen-bond acceptors (Lipinski definition) is 1. The highest BCUT2D eigenvalue weighted by Crippen LogP contribution is 2.46. The molecule has 0 unspecified atom stereocenters. The van der Waals surface area contributed by atoms with Crippen LogP contribution in [0, 0.1) is 46.9 Å². The maximum atomic E-state index is 15.4. The zero-order valence-electron chi connectivity index (χ0n) is 25.1. The van der Waals surface area contributed by atoms with E-state index in [0.717, 1.165) is 36.2 Å². The molecule has 2 aromatic carbocycles. The van der Waals surface area contributed by atoms with E-state index in [0.29, 0.717) is 36.5 Å². The Morgan fingerprint density at radius 3 is 1.88 bits per heavy atom. The van der Waals surface area contributed by atoms with Crippen molar-refractivity contribution in [2.24, 2.45) is 23.7 Å². The van der Waals surface area contributed by atoms with Crippen LogP contribution in [-0.4, -0.2) is 6.11 Å². The molecular weight excluding hydrogens is 562 g/mol. The van der Waals surface area contributed by atoms with E-state index in [1.165, 1.54) is 51.4 Å². The van der Waals surface area contributed by atoms with Gasteiger partial charge in [-0.3, -0.25) is 0 Å². The Morgan fingerprint density at radius 1 is 0.721 bits per heavy atom. The molecule has 5 rings (SSSR count). The summed E-state index contributed by atoms with van der Waals surface area (Å²) in [7, 11) is 0. The van der Waals surface area contributed by atoms with Crippen molar-refractivity contribution in [3.8, 4) is 5.75 Å². The predicted octanol–water partition coefficient (Wildman–Crippen LogP) is 11.6. The molecule has 236 valence electrons. The van der Waals surface area contributed by atoms with Crippen molar-refractivity contribution in [2.75, 3.05) is 0 Å². The van der Waals surface area contributed by atoms with E-state index in [2.05, 4.69) is 23.8 Å². The van der Waals surface area contributed by atoms with Crippen LogP contribution >= 0.6 is 0 Å². The summed E-state index contributed by atoms with van der Waals surface area (Å²) in [5.41, 5.74) is 1.60. The van der Waals surface area contributed by atoms with Crippen molar-refractivity contribution in [1.82, 2.24) is 0 Å². The number of benzene rings is 2. The number of rotatable bonds is 9. The molecule has 3 aliphatic rings. The highest BCUT2D eigenvalue weighted by atomic mass is 19.3. The van der Waals surface area contributed by atoms with Gasteiger partial charge in [0.1, 0.15) is 11.6 Å². The molecule has 0 amide bonds. The average Bonchev–Trinajstić information content (AvgIpc) is 3.00. The summed E-state index contributed by atoms with van der Waals surface area (Å²) in [5.74, 6) is -4.60. The lowest BCUT2D eigenvalue weighted by molar-refractivity contribution is -0.222. The molecule has 0 aliphatic heterocycles. The van der Waals surface area contributed by atoms with Gasteiger partial charge in [-0.1, -0.05) is 37.6 Å². The van der Waals surface area contributed by atoms with Crippen LogP contribution in [0.1, 0.15) is 120 Å². The summed E-state index contributed by atoms with van der Waals surface area (Å²) >= 11 is 0. The van der Waals surface area contributed by atoms with Crippen molar-refractivity contribution in [3.05, 3.63) is 76.9 Å². The minimum atomic E-state index is -3.69. The number of halogens is 6. The van der Waals surface area contributed by atoms with Crippen LogP contribution in [0.2, 0.25) is 0 Å². The van der Waals surface area contributed by atoms with Crippen LogP contribution < -0.4 is 4.74 Å². The summed E-state index contributed by atoms with van der Waals surface area (Å²) in [6, 6.07) is 6.36. The largest absolute Gasteiger partial charge is 0.432 e. The summed E-state index contributed by atoms with van der Waals surface area (Å²) in [5, 5.41) is 0. The van der Waals surface area contributed by atoms with Crippen LogP contribution in [0.5, 0.6) is 5.75 Å². The third kappa shape index (κ3) is 7.81. The van der Waals surface area contributed by atoms with E-state index in [-0.39, 0.29) is 24.6 Å². The lowest BCUT2D eigenvalue weighted by atomic mass is 9.68. The first-order valence-corrected chi connectivity index (χ1v) is 16.3. The second-order valence-corrected chi connectivity index (χ2v) is 13.2. The number of hydrogen-bond donors (Lipinski definition) is 0. The summed E-state index contributed by atoms with van der Waals surface area (Å²) < 4.78 is 89.7. The molecule has 0 radical (unpaired) electrons. The first-order chi connectivity index (χ1) is 20.6. The molecule has 43 heavy (non-hydrogen) atoms. The van der Waals surface area contributed by atoms with Crippen LogP contribution in [0.4, 0.5) is 26.3 Å². The van der Waals surface area contributed by atoms with Gasteiger partial charge in [0.25, 0.3) is 0 Å². The number of ether oxygens (including phenoxy) is 1. The lowest BCUT2D eigenvalue weighted by Crippen LogP contribution is -2.37. The Balaban J connectivity index is 1.10. The second kappa shape index (κ2) is 14.1. The SMILES string of the molecule is CCCC=CC1CCC(C2CCC(c3ccc(C4CCC(C(F)(F)Oc5cc(F)c(F)c(F)c5)CC4)c(F)c3)CC2)CC1. The van der Waals surface area contributed by atoms with Crippen molar-refractivity contribution in [2.45, 2.75) is 115 Å². The first kappa shape index (κ1) is 32.0. The van der Waals surface area contributed by atoms with E-state index in [1.54, 1.807) is 6.07 Å². The normalized spacial score (nSPS) is 28.7. The van der Waals surface area contributed by atoms with Crippen molar-refractivity contribution < 1.29 is 31.1 Å².